The first-order valence-electron chi connectivity index (χ1n) is 10.4. The van der Waals surface area contributed by atoms with Crippen molar-refractivity contribution in [3.8, 4) is 16.4 Å². The van der Waals surface area contributed by atoms with Gasteiger partial charge < -0.3 is 9.30 Å². The summed E-state index contributed by atoms with van der Waals surface area (Å²) in [5.74, 6) is 1.16. The summed E-state index contributed by atoms with van der Waals surface area (Å²) in [5, 5.41) is 11.6. The minimum atomic E-state index is 0.0826. The van der Waals surface area contributed by atoms with Crippen molar-refractivity contribution in [2.75, 3.05) is 19.5 Å². The molecule has 6 nitrogen and oxygen atoms in total. The van der Waals surface area contributed by atoms with Crippen molar-refractivity contribution in [1.82, 2.24) is 19.3 Å². The van der Waals surface area contributed by atoms with Gasteiger partial charge in [0.1, 0.15) is 0 Å². The third-order valence-corrected chi connectivity index (χ3v) is 7.15. The largest absolute Gasteiger partial charge is 0.383 e. The number of Topliss-reactive ketones (excluding diaryl/α,β-unsaturated/α-hetero) is 1. The number of carbonyl (C=O) groups excluding carboxylic acids is 1. The Labute approximate surface area is 196 Å². The van der Waals surface area contributed by atoms with Crippen molar-refractivity contribution in [2.45, 2.75) is 32.0 Å². The summed E-state index contributed by atoms with van der Waals surface area (Å²) in [6.07, 6.45) is 0. The fourth-order valence-electron chi connectivity index (χ4n) is 4.00. The maximum atomic E-state index is 13.1. The second-order valence-electron chi connectivity index (χ2n) is 7.63. The Kier molecular flexibility index (Phi) is 6.93. The van der Waals surface area contributed by atoms with Gasteiger partial charge in [-0.25, -0.2) is 0 Å². The molecule has 3 heterocycles. The molecule has 4 rings (SSSR count). The van der Waals surface area contributed by atoms with Crippen LogP contribution in [0.3, 0.4) is 0 Å². The summed E-state index contributed by atoms with van der Waals surface area (Å²) >= 11 is 3.04. The van der Waals surface area contributed by atoms with Gasteiger partial charge in [0.05, 0.1) is 23.3 Å². The van der Waals surface area contributed by atoms with Crippen LogP contribution in [0.25, 0.3) is 16.4 Å². The highest BCUT2D eigenvalue weighted by Crippen LogP contribution is 2.31. The van der Waals surface area contributed by atoms with Crippen LogP contribution in [-0.2, 0) is 4.74 Å². The highest BCUT2D eigenvalue weighted by molar-refractivity contribution is 7.99. The molecule has 0 saturated heterocycles. The van der Waals surface area contributed by atoms with E-state index < -0.39 is 0 Å². The van der Waals surface area contributed by atoms with E-state index in [4.69, 9.17) is 4.74 Å². The van der Waals surface area contributed by atoms with Gasteiger partial charge in [-0.05, 0) is 50.4 Å². The molecule has 0 amide bonds. The number of benzene rings is 1. The van der Waals surface area contributed by atoms with Gasteiger partial charge in [-0.1, -0.05) is 36.0 Å². The fraction of sp³-hybridized carbons (Fsp3) is 0.292. The van der Waals surface area contributed by atoms with Crippen LogP contribution in [0.15, 0.2) is 59.1 Å². The molecule has 0 N–H and O–H groups in total. The van der Waals surface area contributed by atoms with E-state index in [2.05, 4.69) is 21.7 Å². The zero-order valence-electron chi connectivity index (χ0n) is 18.6. The van der Waals surface area contributed by atoms with Crippen LogP contribution in [0.1, 0.15) is 34.7 Å². The lowest BCUT2D eigenvalue weighted by Crippen LogP contribution is -2.14. The minimum Gasteiger partial charge on any atom is -0.383 e. The predicted octanol–water partition coefficient (Wildman–Crippen LogP) is 5.60. The van der Waals surface area contributed by atoms with Crippen molar-refractivity contribution < 1.29 is 9.53 Å². The minimum absolute atomic E-state index is 0.0826. The highest BCUT2D eigenvalue weighted by atomic mass is 32.2. The Morgan fingerprint density at radius 2 is 1.94 bits per heavy atom. The molecule has 4 aromatic rings. The van der Waals surface area contributed by atoms with Crippen molar-refractivity contribution >= 4 is 28.9 Å². The number of thiophene rings is 1. The van der Waals surface area contributed by atoms with Crippen molar-refractivity contribution in [2.24, 2.45) is 0 Å². The van der Waals surface area contributed by atoms with Crippen molar-refractivity contribution in [3.05, 3.63) is 70.9 Å². The number of methoxy groups -OCH3 is 1. The molecular formula is C24H26N4O2S2. The fourth-order valence-corrected chi connectivity index (χ4v) is 5.53. The number of hydrogen-bond acceptors (Lipinski definition) is 6. The number of carbonyl (C=O) groups is 1. The summed E-state index contributed by atoms with van der Waals surface area (Å²) in [6.45, 7) is 6.73. The molecule has 0 aliphatic carbocycles. The van der Waals surface area contributed by atoms with Crippen LogP contribution in [0.2, 0.25) is 0 Å². The van der Waals surface area contributed by atoms with Gasteiger partial charge in [-0.3, -0.25) is 9.36 Å². The Morgan fingerprint density at radius 3 is 2.62 bits per heavy atom. The van der Waals surface area contributed by atoms with E-state index in [1.807, 2.05) is 72.3 Å². The van der Waals surface area contributed by atoms with Gasteiger partial charge >= 0.3 is 0 Å². The number of aryl methyl sites for hydroxylation is 1. The Morgan fingerprint density at radius 1 is 1.16 bits per heavy atom. The number of hydrogen-bond donors (Lipinski definition) is 0. The van der Waals surface area contributed by atoms with Crippen LogP contribution >= 0.6 is 23.1 Å². The smallest absolute Gasteiger partial charge is 0.196 e. The predicted molar refractivity (Wildman–Crippen MR) is 130 cm³/mol. The summed E-state index contributed by atoms with van der Waals surface area (Å²) in [6, 6.07) is 16.2. The molecule has 0 fully saturated rings. The average molecular weight is 467 g/mol. The van der Waals surface area contributed by atoms with Crippen molar-refractivity contribution in [3.63, 3.8) is 0 Å². The Bertz CT molecular complexity index is 1200. The highest BCUT2D eigenvalue weighted by Gasteiger charge is 2.21. The lowest BCUT2D eigenvalue weighted by molar-refractivity contribution is 0.102. The molecule has 0 unspecified atom stereocenters. The van der Waals surface area contributed by atoms with Crippen LogP contribution in [-0.4, -0.2) is 44.6 Å². The van der Waals surface area contributed by atoms with Crippen LogP contribution in [0.4, 0.5) is 0 Å². The number of nitrogens with zero attached hydrogens (tertiary/aromatic N) is 4. The summed E-state index contributed by atoms with van der Waals surface area (Å²) in [7, 11) is 1.70. The van der Waals surface area contributed by atoms with E-state index in [1.54, 1.807) is 18.4 Å². The SMILES string of the molecule is COC[C@@H](C)n1c(C)cc(C(=O)CSc2nnc(-c3cccs3)n2-c2ccccc2)c1C. The molecule has 1 aromatic carbocycles. The quantitative estimate of drug-likeness (QED) is 0.237. The first kappa shape index (κ1) is 22.5. The molecule has 0 bridgehead atoms. The van der Waals surface area contributed by atoms with E-state index in [1.165, 1.54) is 11.8 Å². The number of ketones is 1. The first-order valence-corrected chi connectivity index (χ1v) is 12.3. The van der Waals surface area contributed by atoms with Crippen LogP contribution in [0.5, 0.6) is 0 Å². The maximum absolute atomic E-state index is 13.1. The molecule has 32 heavy (non-hydrogen) atoms. The second kappa shape index (κ2) is 9.85. The number of thioether (sulfide) groups is 1. The third kappa shape index (κ3) is 4.44. The second-order valence-corrected chi connectivity index (χ2v) is 9.52. The van der Waals surface area contributed by atoms with Crippen molar-refractivity contribution in [1.29, 1.82) is 0 Å². The lowest BCUT2D eigenvalue weighted by atomic mass is 10.2. The lowest BCUT2D eigenvalue weighted by Gasteiger charge is -2.17. The summed E-state index contributed by atoms with van der Waals surface area (Å²) < 4.78 is 9.50. The normalized spacial score (nSPS) is 12.2. The summed E-state index contributed by atoms with van der Waals surface area (Å²) in [4.78, 5) is 14.2. The Balaban J connectivity index is 1.60. The van der Waals surface area contributed by atoms with E-state index in [-0.39, 0.29) is 11.8 Å². The standard InChI is InChI=1S/C24H26N4O2S2/c1-16-13-20(18(3)27(16)17(2)14-30-4)21(29)15-32-24-26-25-23(22-11-8-12-31-22)28(24)19-9-6-5-7-10-19/h5-13,17H,14-15H2,1-4H3/t17-/m1/s1. The molecule has 166 valence electrons. The maximum Gasteiger partial charge on any atom is 0.196 e. The van der Waals surface area contributed by atoms with E-state index in [9.17, 15) is 4.79 Å². The number of rotatable bonds is 9. The molecule has 1 atom stereocenters. The number of ether oxygens (including phenoxy) is 1. The monoisotopic (exact) mass is 466 g/mol. The summed E-state index contributed by atoms with van der Waals surface area (Å²) in [5.41, 5.74) is 3.76. The first-order chi connectivity index (χ1) is 15.5. The average Bonchev–Trinajstić information content (AvgIpc) is 3.51. The topological polar surface area (TPSA) is 61.9 Å². The third-order valence-electron chi connectivity index (χ3n) is 5.36. The molecular weight excluding hydrogens is 440 g/mol. The van der Waals surface area contributed by atoms with E-state index in [0.29, 0.717) is 17.5 Å². The van der Waals surface area contributed by atoms with Gasteiger partial charge in [-0.15, -0.1) is 21.5 Å². The zero-order valence-corrected chi connectivity index (χ0v) is 20.2. The van der Waals surface area contributed by atoms with Gasteiger partial charge in [0.25, 0.3) is 0 Å². The van der Waals surface area contributed by atoms with E-state index >= 15 is 0 Å². The van der Waals surface area contributed by atoms with E-state index in [0.717, 1.165) is 33.3 Å². The number of para-hydroxylation sites is 1. The Hall–Kier alpha value is -2.68. The zero-order chi connectivity index (χ0) is 22.7. The molecule has 8 heteroatoms. The van der Waals surface area contributed by atoms with Gasteiger partial charge in [-0.2, -0.15) is 0 Å². The van der Waals surface area contributed by atoms with Gasteiger partial charge in [0.2, 0.25) is 0 Å². The molecule has 3 aromatic heterocycles. The van der Waals surface area contributed by atoms with Crippen LogP contribution in [0, 0.1) is 13.8 Å². The molecule has 0 spiro atoms. The molecule has 0 aliphatic heterocycles. The number of aromatic nitrogens is 4. The van der Waals surface area contributed by atoms with Gasteiger partial charge in [0.15, 0.2) is 16.8 Å². The van der Waals surface area contributed by atoms with Gasteiger partial charge in [0, 0.05) is 29.7 Å². The van der Waals surface area contributed by atoms with Crippen LogP contribution < -0.4 is 0 Å². The molecule has 0 aliphatic rings. The molecule has 0 saturated carbocycles. The molecule has 0 radical (unpaired) electrons.